The molecule has 1 saturated heterocycles. The van der Waals surface area contributed by atoms with Crippen molar-refractivity contribution >= 4 is 23.6 Å². The minimum absolute atomic E-state index is 0.555. The van der Waals surface area contributed by atoms with Gasteiger partial charge in [0.1, 0.15) is 0 Å². The molecule has 0 unspecified atom stereocenters. The third-order valence-electron chi connectivity index (χ3n) is 3.34. The third kappa shape index (κ3) is 3.01. The van der Waals surface area contributed by atoms with Gasteiger partial charge in [-0.1, -0.05) is 36.9 Å². The van der Waals surface area contributed by atoms with Crippen molar-refractivity contribution in [2.75, 3.05) is 18.0 Å². The lowest BCUT2D eigenvalue weighted by molar-refractivity contribution is 0.112. The topological polar surface area (TPSA) is 20.3 Å². The highest BCUT2D eigenvalue weighted by molar-refractivity contribution is 6.33. The second kappa shape index (κ2) is 6.06. The van der Waals surface area contributed by atoms with Crippen LogP contribution in [0.5, 0.6) is 0 Å². The fourth-order valence-electron chi connectivity index (χ4n) is 2.41. The molecule has 1 heterocycles. The van der Waals surface area contributed by atoms with E-state index in [1.807, 2.05) is 12.1 Å². The highest BCUT2D eigenvalue weighted by atomic mass is 35.5. The molecule has 0 amide bonds. The number of nitrogens with zero attached hydrogens (tertiary/aromatic N) is 1. The predicted molar refractivity (Wildman–Crippen MR) is 72.1 cm³/mol. The van der Waals surface area contributed by atoms with Gasteiger partial charge in [0.25, 0.3) is 0 Å². The zero-order valence-corrected chi connectivity index (χ0v) is 10.7. The summed E-state index contributed by atoms with van der Waals surface area (Å²) in [7, 11) is 0. The first kappa shape index (κ1) is 12.4. The molecule has 2 nitrogen and oxygen atoms in total. The van der Waals surface area contributed by atoms with Crippen LogP contribution in [0.4, 0.5) is 5.69 Å². The van der Waals surface area contributed by atoms with Crippen molar-refractivity contribution in [3.63, 3.8) is 0 Å². The first-order valence-corrected chi connectivity index (χ1v) is 6.69. The Kier molecular flexibility index (Phi) is 4.43. The van der Waals surface area contributed by atoms with Crippen LogP contribution in [0.25, 0.3) is 0 Å². The van der Waals surface area contributed by atoms with E-state index in [4.69, 9.17) is 11.6 Å². The Morgan fingerprint density at radius 3 is 2.35 bits per heavy atom. The van der Waals surface area contributed by atoms with Gasteiger partial charge in [0, 0.05) is 18.8 Å². The van der Waals surface area contributed by atoms with Crippen LogP contribution < -0.4 is 4.90 Å². The summed E-state index contributed by atoms with van der Waals surface area (Å²) in [4.78, 5) is 13.4. The number of hydrogen-bond donors (Lipinski definition) is 0. The van der Waals surface area contributed by atoms with Gasteiger partial charge < -0.3 is 4.90 Å². The van der Waals surface area contributed by atoms with Crippen molar-refractivity contribution in [1.82, 2.24) is 0 Å². The van der Waals surface area contributed by atoms with Gasteiger partial charge in [-0.15, -0.1) is 0 Å². The van der Waals surface area contributed by atoms with E-state index in [1.165, 1.54) is 32.1 Å². The molecule has 0 spiro atoms. The molecule has 0 bridgehead atoms. The van der Waals surface area contributed by atoms with E-state index in [0.717, 1.165) is 25.1 Å². The fraction of sp³-hybridized carbons (Fsp3) is 0.500. The standard InChI is InChI=1S/C14H18ClNO/c15-13-7-6-8-14(12(13)11-17)16-9-4-2-1-3-5-10-16/h6-8,11H,1-5,9-10H2. The molecule has 0 N–H and O–H groups in total. The number of aldehydes is 1. The highest BCUT2D eigenvalue weighted by Gasteiger charge is 2.14. The molecule has 92 valence electrons. The number of halogens is 1. The van der Waals surface area contributed by atoms with Crippen molar-refractivity contribution < 1.29 is 4.79 Å². The lowest BCUT2D eigenvalue weighted by Crippen LogP contribution is -2.28. The van der Waals surface area contributed by atoms with Crippen LogP contribution in [0.1, 0.15) is 42.5 Å². The molecule has 1 aromatic carbocycles. The predicted octanol–water partition coefficient (Wildman–Crippen LogP) is 3.92. The first-order chi connectivity index (χ1) is 8.33. The van der Waals surface area contributed by atoms with Crippen LogP contribution in [0.2, 0.25) is 5.02 Å². The molecule has 3 heteroatoms. The second-order valence-electron chi connectivity index (χ2n) is 4.55. The average molecular weight is 252 g/mol. The van der Waals surface area contributed by atoms with Crippen LogP contribution in [-0.4, -0.2) is 19.4 Å². The fourth-order valence-corrected chi connectivity index (χ4v) is 2.62. The molecular formula is C14H18ClNO. The summed E-state index contributed by atoms with van der Waals surface area (Å²) in [6.45, 7) is 2.06. The summed E-state index contributed by atoms with van der Waals surface area (Å²) in [5.74, 6) is 0. The molecule has 0 radical (unpaired) electrons. The van der Waals surface area contributed by atoms with Gasteiger partial charge in [0.15, 0.2) is 6.29 Å². The van der Waals surface area contributed by atoms with E-state index >= 15 is 0 Å². The van der Waals surface area contributed by atoms with Crippen molar-refractivity contribution in [2.24, 2.45) is 0 Å². The summed E-state index contributed by atoms with van der Waals surface area (Å²) in [6.07, 6.45) is 7.18. The van der Waals surface area contributed by atoms with Gasteiger partial charge in [0.2, 0.25) is 0 Å². The van der Waals surface area contributed by atoms with Crippen LogP contribution >= 0.6 is 11.6 Å². The molecule has 2 rings (SSSR count). The van der Waals surface area contributed by atoms with Gasteiger partial charge in [-0.3, -0.25) is 4.79 Å². The Morgan fingerprint density at radius 1 is 1.06 bits per heavy atom. The Hall–Kier alpha value is -1.02. The van der Waals surface area contributed by atoms with Gasteiger partial charge in [-0.05, 0) is 25.0 Å². The van der Waals surface area contributed by atoms with E-state index in [1.54, 1.807) is 6.07 Å². The van der Waals surface area contributed by atoms with Gasteiger partial charge in [-0.25, -0.2) is 0 Å². The third-order valence-corrected chi connectivity index (χ3v) is 3.67. The average Bonchev–Trinajstić information content (AvgIpc) is 2.28. The summed E-state index contributed by atoms with van der Waals surface area (Å²) in [5, 5.41) is 0.555. The lowest BCUT2D eigenvalue weighted by Gasteiger charge is -2.28. The Bertz CT molecular complexity index is 384. The summed E-state index contributed by atoms with van der Waals surface area (Å²) >= 11 is 6.06. The molecule has 0 saturated carbocycles. The number of hydrogen-bond acceptors (Lipinski definition) is 2. The van der Waals surface area contributed by atoms with Gasteiger partial charge in [0.05, 0.1) is 10.6 Å². The maximum Gasteiger partial charge on any atom is 0.153 e. The molecule has 1 aliphatic rings. The first-order valence-electron chi connectivity index (χ1n) is 6.31. The maximum absolute atomic E-state index is 11.1. The number of benzene rings is 1. The number of carbonyl (C=O) groups is 1. The summed E-state index contributed by atoms with van der Waals surface area (Å²) < 4.78 is 0. The van der Waals surface area contributed by atoms with E-state index in [9.17, 15) is 4.79 Å². The molecule has 0 atom stereocenters. The number of anilines is 1. The van der Waals surface area contributed by atoms with Crippen molar-refractivity contribution in [1.29, 1.82) is 0 Å². The second-order valence-corrected chi connectivity index (χ2v) is 4.95. The van der Waals surface area contributed by atoms with E-state index < -0.39 is 0 Å². The quantitative estimate of drug-likeness (QED) is 0.743. The summed E-state index contributed by atoms with van der Waals surface area (Å²) in [6, 6.07) is 5.69. The van der Waals surface area contributed by atoms with Crippen LogP contribution in [0, 0.1) is 0 Å². The Balaban J connectivity index is 2.24. The van der Waals surface area contributed by atoms with E-state index in [-0.39, 0.29) is 0 Å². The molecular weight excluding hydrogens is 234 g/mol. The van der Waals surface area contributed by atoms with E-state index in [2.05, 4.69) is 4.90 Å². The largest absolute Gasteiger partial charge is 0.371 e. The molecule has 0 aliphatic carbocycles. The molecule has 1 aromatic rings. The SMILES string of the molecule is O=Cc1c(Cl)cccc1N1CCCCCCC1. The van der Waals surface area contributed by atoms with Gasteiger partial charge in [-0.2, -0.15) is 0 Å². The smallest absolute Gasteiger partial charge is 0.153 e. The molecule has 1 aliphatic heterocycles. The van der Waals surface area contributed by atoms with Crippen LogP contribution in [-0.2, 0) is 0 Å². The molecule has 1 fully saturated rings. The zero-order valence-electron chi connectivity index (χ0n) is 9.99. The number of carbonyl (C=O) groups excluding carboxylic acids is 1. The summed E-state index contributed by atoms with van der Waals surface area (Å²) in [5.41, 5.74) is 1.63. The zero-order chi connectivity index (χ0) is 12.1. The van der Waals surface area contributed by atoms with Crippen LogP contribution in [0.3, 0.4) is 0 Å². The number of rotatable bonds is 2. The normalized spacial score (nSPS) is 17.4. The monoisotopic (exact) mass is 251 g/mol. The van der Waals surface area contributed by atoms with Crippen molar-refractivity contribution in [3.8, 4) is 0 Å². The maximum atomic E-state index is 11.1. The Labute approximate surface area is 108 Å². The highest BCUT2D eigenvalue weighted by Crippen LogP contribution is 2.27. The van der Waals surface area contributed by atoms with E-state index in [0.29, 0.717) is 10.6 Å². The minimum Gasteiger partial charge on any atom is -0.371 e. The van der Waals surface area contributed by atoms with Crippen molar-refractivity contribution in [2.45, 2.75) is 32.1 Å². The van der Waals surface area contributed by atoms with Gasteiger partial charge >= 0.3 is 0 Å². The molecule has 0 aromatic heterocycles. The van der Waals surface area contributed by atoms with Crippen molar-refractivity contribution in [3.05, 3.63) is 28.8 Å². The lowest BCUT2D eigenvalue weighted by atomic mass is 10.1. The Morgan fingerprint density at radius 2 is 1.71 bits per heavy atom. The molecule has 17 heavy (non-hydrogen) atoms. The minimum atomic E-state index is 0.555. The van der Waals surface area contributed by atoms with Crippen LogP contribution in [0.15, 0.2) is 18.2 Å².